The molecular weight excluding hydrogens is 937 g/mol. The van der Waals surface area contributed by atoms with Crippen LogP contribution >= 0.6 is 0 Å². The summed E-state index contributed by atoms with van der Waals surface area (Å²) in [7, 11) is 0. The quantitative estimate of drug-likeness (QED) is 0.0261. The summed E-state index contributed by atoms with van der Waals surface area (Å²) in [5, 5.41) is 0. The number of carbonyl (C=O) groups is 3. The van der Waals surface area contributed by atoms with Crippen molar-refractivity contribution in [2.45, 2.75) is 290 Å². The van der Waals surface area contributed by atoms with Gasteiger partial charge in [0.1, 0.15) is 13.2 Å². The van der Waals surface area contributed by atoms with Gasteiger partial charge in [-0.1, -0.05) is 258 Å². The van der Waals surface area contributed by atoms with Gasteiger partial charge in [-0.2, -0.15) is 0 Å². The second kappa shape index (κ2) is 63.3. The van der Waals surface area contributed by atoms with Gasteiger partial charge in [0.05, 0.1) is 0 Å². The van der Waals surface area contributed by atoms with E-state index in [1.807, 2.05) is 0 Å². The first-order chi connectivity index (χ1) is 37.5. The van der Waals surface area contributed by atoms with Crippen LogP contribution in [0.3, 0.4) is 0 Å². The highest BCUT2D eigenvalue weighted by Gasteiger charge is 2.19. The van der Waals surface area contributed by atoms with Gasteiger partial charge in [-0.15, -0.1) is 0 Å². The Morgan fingerprint density at radius 3 is 0.868 bits per heavy atom. The first-order valence-corrected chi connectivity index (χ1v) is 31.5. The third-order valence-electron chi connectivity index (χ3n) is 13.2. The van der Waals surface area contributed by atoms with Crippen molar-refractivity contribution in [2.24, 2.45) is 0 Å². The lowest BCUT2D eigenvalue weighted by molar-refractivity contribution is -0.167. The Hall–Kier alpha value is -4.19. The van der Waals surface area contributed by atoms with E-state index in [-0.39, 0.29) is 31.1 Å². The fourth-order valence-corrected chi connectivity index (χ4v) is 8.46. The molecule has 0 bridgehead atoms. The normalized spacial score (nSPS) is 12.9. The topological polar surface area (TPSA) is 78.9 Å². The summed E-state index contributed by atoms with van der Waals surface area (Å²) in [6.07, 6.45) is 87.8. The minimum atomic E-state index is -0.796. The Morgan fingerprint density at radius 2 is 0.539 bits per heavy atom. The Labute approximate surface area is 469 Å². The number of carbonyl (C=O) groups excluding carboxylic acids is 3. The lowest BCUT2D eigenvalue weighted by atomic mass is 10.1. The van der Waals surface area contributed by atoms with Gasteiger partial charge < -0.3 is 14.2 Å². The van der Waals surface area contributed by atoms with E-state index < -0.39 is 6.10 Å². The number of unbranched alkanes of at least 4 members (excludes halogenated alkanes) is 25. The molecule has 76 heavy (non-hydrogen) atoms. The minimum absolute atomic E-state index is 0.0925. The van der Waals surface area contributed by atoms with E-state index in [1.165, 1.54) is 96.3 Å². The monoisotopic (exact) mass is 1050 g/mol. The summed E-state index contributed by atoms with van der Waals surface area (Å²) in [6.45, 7) is 6.43. The summed E-state index contributed by atoms with van der Waals surface area (Å²) in [5.41, 5.74) is 0. The molecule has 0 aliphatic heterocycles. The molecule has 0 aliphatic rings. The van der Waals surface area contributed by atoms with Gasteiger partial charge in [-0.3, -0.25) is 14.4 Å². The third kappa shape index (κ3) is 60.7. The van der Waals surface area contributed by atoms with Crippen molar-refractivity contribution in [3.8, 4) is 0 Å². The van der Waals surface area contributed by atoms with E-state index in [0.717, 1.165) is 148 Å². The molecular formula is C70H116O6. The molecule has 0 rings (SSSR count). The molecule has 1 atom stereocenters. The summed E-state index contributed by atoms with van der Waals surface area (Å²) >= 11 is 0. The Balaban J connectivity index is 4.33. The van der Waals surface area contributed by atoms with Crippen LogP contribution in [0.5, 0.6) is 0 Å². The number of esters is 3. The maximum atomic E-state index is 12.9. The zero-order valence-corrected chi connectivity index (χ0v) is 49.5. The van der Waals surface area contributed by atoms with Crippen LogP contribution < -0.4 is 0 Å². The molecule has 0 aliphatic carbocycles. The van der Waals surface area contributed by atoms with Crippen molar-refractivity contribution in [2.75, 3.05) is 13.2 Å². The van der Waals surface area contributed by atoms with E-state index in [4.69, 9.17) is 14.2 Å². The molecule has 0 spiro atoms. The number of ether oxygens (including phenoxy) is 3. The van der Waals surface area contributed by atoms with Crippen molar-refractivity contribution >= 4 is 17.9 Å². The number of rotatable bonds is 56. The first kappa shape index (κ1) is 71.8. The van der Waals surface area contributed by atoms with Gasteiger partial charge in [0.15, 0.2) is 6.10 Å². The zero-order chi connectivity index (χ0) is 55.0. The maximum Gasteiger partial charge on any atom is 0.306 e. The average Bonchev–Trinajstić information content (AvgIpc) is 3.42. The second-order valence-corrected chi connectivity index (χ2v) is 20.6. The van der Waals surface area contributed by atoms with E-state index >= 15 is 0 Å². The average molecular weight is 1050 g/mol. The molecule has 0 heterocycles. The van der Waals surface area contributed by atoms with Gasteiger partial charge in [0, 0.05) is 19.3 Å². The molecule has 0 fully saturated rings. The smallest absolute Gasteiger partial charge is 0.306 e. The minimum Gasteiger partial charge on any atom is -0.462 e. The van der Waals surface area contributed by atoms with E-state index in [9.17, 15) is 14.4 Å². The van der Waals surface area contributed by atoms with Crippen LogP contribution in [-0.2, 0) is 28.6 Å². The molecule has 432 valence electrons. The number of hydrogen-bond donors (Lipinski definition) is 0. The Bertz CT molecular complexity index is 1590. The first-order valence-electron chi connectivity index (χ1n) is 31.5. The van der Waals surface area contributed by atoms with Crippen LogP contribution in [0.2, 0.25) is 0 Å². The molecule has 0 aromatic heterocycles. The molecule has 0 aromatic rings. The Morgan fingerprint density at radius 1 is 0.276 bits per heavy atom. The number of hydrogen-bond acceptors (Lipinski definition) is 6. The van der Waals surface area contributed by atoms with Crippen LogP contribution in [-0.4, -0.2) is 37.2 Å². The van der Waals surface area contributed by atoms with E-state index in [1.54, 1.807) is 0 Å². The molecule has 6 heteroatoms. The van der Waals surface area contributed by atoms with E-state index in [2.05, 4.69) is 142 Å². The molecule has 0 saturated carbocycles. The Kier molecular flexibility index (Phi) is 59.9. The third-order valence-corrected chi connectivity index (χ3v) is 13.2. The molecule has 0 saturated heterocycles. The lowest BCUT2D eigenvalue weighted by Gasteiger charge is -2.18. The van der Waals surface area contributed by atoms with Crippen LogP contribution in [0.1, 0.15) is 284 Å². The largest absolute Gasteiger partial charge is 0.462 e. The standard InChI is InChI=1S/C70H116O6/c1-4-7-10-13-16-19-22-24-26-28-30-32-33-34-35-36-37-39-40-42-44-46-48-51-54-57-60-63-69(72)75-66-67(65-74-68(71)62-59-56-53-50-21-18-15-12-9-6-3)76-70(73)64-61-58-55-52-49-47-45-43-41-38-31-29-27-25-23-20-17-14-11-8-5-2/h7,10,12,15-16,19,23-26,29-32,34-35,37,39,42,44,67H,4-6,8-9,11,13-14,17-18,20-22,27-28,33,36,38,40-41,43,45-66H2,1-3H3/b10-7-,15-12-,19-16-,25-23-,26-24-,31-29-,32-30-,35-34-,39-37-,44-42-. The predicted molar refractivity (Wildman–Crippen MR) is 330 cm³/mol. The SMILES string of the molecule is CC/C=C\C/C=C\C/C=C\C/C=C\C/C=C\C/C=C\C/C=C\CCCCCCCC(=O)OCC(COC(=O)CCCCCCC/C=C\CCC)OC(=O)CCCCCCCCCCC/C=C\C/C=C\CCCCCCC. The summed E-state index contributed by atoms with van der Waals surface area (Å²) in [6, 6.07) is 0. The fraction of sp³-hybridized carbons (Fsp3) is 0.671. The van der Waals surface area contributed by atoms with E-state index in [0.29, 0.717) is 19.3 Å². The van der Waals surface area contributed by atoms with Gasteiger partial charge in [-0.25, -0.2) is 0 Å². The van der Waals surface area contributed by atoms with Crippen molar-refractivity contribution in [3.05, 3.63) is 122 Å². The van der Waals surface area contributed by atoms with Crippen LogP contribution in [0, 0.1) is 0 Å². The predicted octanol–water partition coefficient (Wildman–Crippen LogP) is 21.6. The fourth-order valence-electron chi connectivity index (χ4n) is 8.46. The lowest BCUT2D eigenvalue weighted by Crippen LogP contribution is -2.30. The van der Waals surface area contributed by atoms with Gasteiger partial charge in [0.2, 0.25) is 0 Å². The van der Waals surface area contributed by atoms with Gasteiger partial charge >= 0.3 is 17.9 Å². The zero-order valence-electron chi connectivity index (χ0n) is 49.5. The highest BCUT2D eigenvalue weighted by atomic mass is 16.6. The van der Waals surface area contributed by atoms with Crippen LogP contribution in [0.4, 0.5) is 0 Å². The molecule has 0 aromatic carbocycles. The summed E-state index contributed by atoms with van der Waals surface area (Å²) in [5.74, 6) is -0.924. The van der Waals surface area contributed by atoms with Crippen molar-refractivity contribution in [1.82, 2.24) is 0 Å². The van der Waals surface area contributed by atoms with Gasteiger partial charge in [0.25, 0.3) is 0 Å². The van der Waals surface area contributed by atoms with Crippen LogP contribution in [0.15, 0.2) is 122 Å². The molecule has 0 N–H and O–H groups in total. The number of allylic oxidation sites excluding steroid dienone is 20. The highest BCUT2D eigenvalue weighted by Crippen LogP contribution is 2.15. The summed E-state index contributed by atoms with van der Waals surface area (Å²) in [4.78, 5) is 38.2. The van der Waals surface area contributed by atoms with Crippen molar-refractivity contribution in [3.63, 3.8) is 0 Å². The molecule has 1 unspecified atom stereocenters. The molecule has 6 nitrogen and oxygen atoms in total. The van der Waals surface area contributed by atoms with Gasteiger partial charge in [-0.05, 0) is 128 Å². The molecule has 0 amide bonds. The van der Waals surface area contributed by atoms with Crippen LogP contribution in [0.25, 0.3) is 0 Å². The van der Waals surface area contributed by atoms with Crippen molar-refractivity contribution < 1.29 is 28.6 Å². The summed E-state index contributed by atoms with van der Waals surface area (Å²) < 4.78 is 16.9. The second-order valence-electron chi connectivity index (χ2n) is 20.6. The van der Waals surface area contributed by atoms with Crippen molar-refractivity contribution in [1.29, 1.82) is 0 Å². The highest BCUT2D eigenvalue weighted by molar-refractivity contribution is 5.71. The maximum absolute atomic E-state index is 12.9. The molecule has 0 radical (unpaired) electrons.